The summed E-state index contributed by atoms with van der Waals surface area (Å²) in [7, 11) is 0. The first-order chi connectivity index (χ1) is 9.70. The normalized spacial score (nSPS) is 16.1. The van der Waals surface area contributed by atoms with Crippen LogP contribution in [0.25, 0.3) is 0 Å². The second kappa shape index (κ2) is 7.36. The van der Waals surface area contributed by atoms with E-state index in [4.69, 9.17) is 4.74 Å². The van der Waals surface area contributed by atoms with Gasteiger partial charge in [-0.25, -0.2) is 4.98 Å². The quantitative estimate of drug-likeness (QED) is 0.811. The highest BCUT2D eigenvalue weighted by Gasteiger charge is 2.17. The molecule has 2 rings (SSSR count). The van der Waals surface area contributed by atoms with E-state index in [1.807, 2.05) is 30.9 Å². The Balaban J connectivity index is 1.91. The van der Waals surface area contributed by atoms with Crippen LogP contribution in [0, 0.1) is 6.92 Å². The summed E-state index contributed by atoms with van der Waals surface area (Å²) < 4.78 is 5.33. The predicted molar refractivity (Wildman–Crippen MR) is 77.8 cm³/mol. The van der Waals surface area contributed by atoms with Crippen molar-refractivity contribution in [2.75, 3.05) is 45.9 Å². The second-order valence-electron chi connectivity index (χ2n) is 5.00. The van der Waals surface area contributed by atoms with Crippen molar-refractivity contribution in [2.45, 2.75) is 13.8 Å². The lowest BCUT2D eigenvalue weighted by molar-refractivity contribution is 0.0327. The molecule has 0 spiro atoms. The van der Waals surface area contributed by atoms with Gasteiger partial charge in [-0.05, 0) is 26.0 Å². The molecule has 0 aliphatic carbocycles. The number of hydrogen-bond acceptors (Lipinski definition) is 4. The van der Waals surface area contributed by atoms with Crippen LogP contribution in [0.1, 0.15) is 23.1 Å². The Labute approximate surface area is 120 Å². The van der Waals surface area contributed by atoms with Gasteiger partial charge in [-0.2, -0.15) is 0 Å². The van der Waals surface area contributed by atoms with Crippen molar-refractivity contribution in [2.24, 2.45) is 0 Å². The van der Waals surface area contributed by atoms with E-state index in [1.54, 1.807) is 6.07 Å². The molecule has 0 radical (unpaired) electrons. The zero-order valence-corrected chi connectivity index (χ0v) is 12.3. The minimum absolute atomic E-state index is 0.0180. The molecule has 1 saturated heterocycles. The van der Waals surface area contributed by atoms with Crippen LogP contribution in [0.2, 0.25) is 0 Å². The number of morpholine rings is 1. The molecule has 0 unspecified atom stereocenters. The standard InChI is InChI=1S/C15H23N3O2/c1-3-18(8-7-17-9-11-20-12-10-17)15(19)14-6-4-5-13(2)16-14/h4-6H,3,7-12H2,1-2H3. The molecule has 1 aliphatic rings. The van der Waals surface area contributed by atoms with Crippen LogP contribution >= 0.6 is 0 Å². The fourth-order valence-corrected chi connectivity index (χ4v) is 2.31. The molecular weight excluding hydrogens is 254 g/mol. The third-order valence-electron chi connectivity index (χ3n) is 3.57. The molecule has 1 fully saturated rings. The molecular formula is C15H23N3O2. The summed E-state index contributed by atoms with van der Waals surface area (Å²) >= 11 is 0. The summed E-state index contributed by atoms with van der Waals surface area (Å²) in [6, 6.07) is 5.57. The highest BCUT2D eigenvalue weighted by atomic mass is 16.5. The van der Waals surface area contributed by atoms with Gasteiger partial charge in [-0.3, -0.25) is 9.69 Å². The molecule has 0 atom stereocenters. The molecule has 0 saturated carbocycles. The smallest absolute Gasteiger partial charge is 0.272 e. The fourth-order valence-electron chi connectivity index (χ4n) is 2.31. The van der Waals surface area contributed by atoms with Gasteiger partial charge in [-0.15, -0.1) is 0 Å². The summed E-state index contributed by atoms with van der Waals surface area (Å²) in [5, 5.41) is 0. The van der Waals surface area contributed by atoms with Crippen molar-refractivity contribution in [3.8, 4) is 0 Å². The molecule has 20 heavy (non-hydrogen) atoms. The lowest BCUT2D eigenvalue weighted by Crippen LogP contribution is -2.43. The summed E-state index contributed by atoms with van der Waals surface area (Å²) in [4.78, 5) is 20.9. The third-order valence-corrected chi connectivity index (χ3v) is 3.57. The van der Waals surface area contributed by atoms with Crippen LogP contribution < -0.4 is 0 Å². The Morgan fingerprint density at radius 2 is 2.15 bits per heavy atom. The largest absolute Gasteiger partial charge is 0.379 e. The van der Waals surface area contributed by atoms with Crippen LogP contribution in [-0.2, 0) is 4.74 Å². The van der Waals surface area contributed by atoms with E-state index in [9.17, 15) is 4.79 Å². The number of hydrogen-bond donors (Lipinski definition) is 0. The van der Waals surface area contributed by atoms with Gasteiger partial charge in [-0.1, -0.05) is 6.07 Å². The minimum atomic E-state index is 0.0180. The van der Waals surface area contributed by atoms with Crippen LogP contribution in [0.15, 0.2) is 18.2 Å². The molecule has 1 aromatic heterocycles. The highest BCUT2D eigenvalue weighted by molar-refractivity contribution is 5.92. The summed E-state index contributed by atoms with van der Waals surface area (Å²) in [6.45, 7) is 9.74. The molecule has 1 amide bonds. The Hall–Kier alpha value is -1.46. The van der Waals surface area contributed by atoms with Crippen molar-refractivity contribution in [3.05, 3.63) is 29.6 Å². The van der Waals surface area contributed by atoms with Crippen LogP contribution in [-0.4, -0.2) is 66.6 Å². The first-order valence-electron chi connectivity index (χ1n) is 7.23. The van der Waals surface area contributed by atoms with E-state index in [1.165, 1.54) is 0 Å². The maximum absolute atomic E-state index is 12.4. The number of pyridine rings is 1. The maximum atomic E-state index is 12.4. The van der Waals surface area contributed by atoms with Crippen molar-refractivity contribution >= 4 is 5.91 Å². The third kappa shape index (κ3) is 4.02. The zero-order chi connectivity index (χ0) is 14.4. The number of aromatic nitrogens is 1. The van der Waals surface area contributed by atoms with E-state index in [-0.39, 0.29) is 5.91 Å². The number of rotatable bonds is 5. The van der Waals surface area contributed by atoms with Crippen molar-refractivity contribution < 1.29 is 9.53 Å². The number of aryl methyl sites for hydroxylation is 1. The average Bonchev–Trinajstić information content (AvgIpc) is 2.48. The molecule has 0 N–H and O–H groups in total. The average molecular weight is 277 g/mol. The van der Waals surface area contributed by atoms with Crippen molar-refractivity contribution in [3.63, 3.8) is 0 Å². The Bertz CT molecular complexity index is 444. The number of amides is 1. The van der Waals surface area contributed by atoms with Crippen LogP contribution in [0.4, 0.5) is 0 Å². The summed E-state index contributed by atoms with van der Waals surface area (Å²) in [5.41, 5.74) is 1.41. The van der Waals surface area contributed by atoms with E-state index >= 15 is 0 Å². The maximum Gasteiger partial charge on any atom is 0.272 e. The molecule has 5 nitrogen and oxygen atoms in total. The molecule has 2 heterocycles. The molecule has 0 bridgehead atoms. The first kappa shape index (κ1) is 14.9. The van der Waals surface area contributed by atoms with E-state index < -0.39 is 0 Å². The number of carbonyl (C=O) groups excluding carboxylic acids is 1. The molecule has 1 aromatic rings. The predicted octanol–water partition coefficient (Wildman–Crippen LogP) is 1.18. The fraction of sp³-hybridized carbons (Fsp3) is 0.600. The lowest BCUT2D eigenvalue weighted by Gasteiger charge is -2.29. The monoisotopic (exact) mass is 277 g/mol. The van der Waals surface area contributed by atoms with Gasteiger partial charge in [0.15, 0.2) is 0 Å². The van der Waals surface area contributed by atoms with Crippen molar-refractivity contribution in [1.29, 1.82) is 0 Å². The molecule has 0 aromatic carbocycles. The van der Waals surface area contributed by atoms with E-state index in [0.29, 0.717) is 12.2 Å². The number of likely N-dealkylation sites (N-methyl/N-ethyl adjacent to an activating group) is 1. The molecule has 5 heteroatoms. The second-order valence-corrected chi connectivity index (χ2v) is 5.00. The zero-order valence-electron chi connectivity index (χ0n) is 12.3. The van der Waals surface area contributed by atoms with Crippen LogP contribution in [0.5, 0.6) is 0 Å². The Morgan fingerprint density at radius 1 is 1.40 bits per heavy atom. The van der Waals surface area contributed by atoms with Gasteiger partial charge >= 0.3 is 0 Å². The van der Waals surface area contributed by atoms with Crippen molar-refractivity contribution in [1.82, 2.24) is 14.8 Å². The number of ether oxygens (including phenoxy) is 1. The van der Waals surface area contributed by atoms with Gasteiger partial charge in [0.1, 0.15) is 5.69 Å². The Kier molecular flexibility index (Phi) is 5.49. The Morgan fingerprint density at radius 3 is 2.80 bits per heavy atom. The van der Waals surface area contributed by atoms with Gasteiger partial charge < -0.3 is 9.64 Å². The first-order valence-corrected chi connectivity index (χ1v) is 7.23. The minimum Gasteiger partial charge on any atom is -0.379 e. The topological polar surface area (TPSA) is 45.7 Å². The van der Waals surface area contributed by atoms with Gasteiger partial charge in [0, 0.05) is 38.4 Å². The molecule has 1 aliphatic heterocycles. The van der Waals surface area contributed by atoms with E-state index in [0.717, 1.165) is 45.1 Å². The number of nitrogens with zero attached hydrogens (tertiary/aromatic N) is 3. The van der Waals surface area contributed by atoms with Gasteiger partial charge in [0.05, 0.1) is 13.2 Å². The number of carbonyl (C=O) groups is 1. The van der Waals surface area contributed by atoms with Crippen LogP contribution in [0.3, 0.4) is 0 Å². The molecule has 110 valence electrons. The summed E-state index contributed by atoms with van der Waals surface area (Å²) in [5.74, 6) is 0.0180. The lowest BCUT2D eigenvalue weighted by atomic mass is 10.2. The van der Waals surface area contributed by atoms with Gasteiger partial charge in [0.25, 0.3) is 5.91 Å². The summed E-state index contributed by atoms with van der Waals surface area (Å²) in [6.07, 6.45) is 0. The van der Waals surface area contributed by atoms with E-state index in [2.05, 4.69) is 9.88 Å². The SMILES string of the molecule is CCN(CCN1CCOCC1)C(=O)c1cccc(C)n1. The highest BCUT2D eigenvalue weighted by Crippen LogP contribution is 2.05. The van der Waals surface area contributed by atoms with Gasteiger partial charge in [0.2, 0.25) is 0 Å².